The van der Waals surface area contributed by atoms with E-state index in [1.165, 1.54) is 32.4 Å². The number of hydrogen-bond acceptors (Lipinski definition) is 4. The summed E-state index contributed by atoms with van der Waals surface area (Å²) in [6, 6.07) is 4.71. The highest BCUT2D eigenvalue weighted by Gasteiger charge is 2.34. The molecule has 1 heterocycles. The van der Waals surface area contributed by atoms with Gasteiger partial charge in [0.15, 0.2) is 0 Å². The summed E-state index contributed by atoms with van der Waals surface area (Å²) in [4.78, 5) is 14.8. The molecule has 29 heavy (non-hydrogen) atoms. The molecule has 1 aromatic carbocycles. The minimum atomic E-state index is -3.73. The first-order chi connectivity index (χ1) is 13.8. The zero-order chi connectivity index (χ0) is 21.0. The summed E-state index contributed by atoms with van der Waals surface area (Å²) in [6.45, 7) is 3.17. The predicted molar refractivity (Wildman–Crippen MR) is 114 cm³/mol. The lowest BCUT2D eigenvalue weighted by atomic mass is 9.89. The minimum Gasteiger partial charge on any atom is -0.495 e. The number of benzene rings is 1. The number of sulfonamides is 1. The van der Waals surface area contributed by atoms with Gasteiger partial charge >= 0.3 is 0 Å². The number of carbonyl (C=O) groups is 1. The molecule has 2 fully saturated rings. The van der Waals surface area contributed by atoms with Crippen molar-refractivity contribution in [3.63, 3.8) is 0 Å². The van der Waals surface area contributed by atoms with Crippen LogP contribution in [0.15, 0.2) is 23.1 Å². The van der Waals surface area contributed by atoms with Gasteiger partial charge in [-0.05, 0) is 56.7 Å². The van der Waals surface area contributed by atoms with E-state index in [0.717, 1.165) is 38.6 Å². The average Bonchev–Trinajstić information content (AvgIpc) is 2.73. The molecule has 1 aromatic rings. The molecule has 1 aliphatic carbocycles. The predicted octanol–water partition coefficient (Wildman–Crippen LogP) is 3.91. The Bertz CT molecular complexity index is 818. The number of amides is 1. The second kappa shape index (κ2) is 9.47. The van der Waals surface area contributed by atoms with E-state index in [2.05, 4.69) is 0 Å². The molecule has 0 bridgehead atoms. The summed E-state index contributed by atoms with van der Waals surface area (Å²) in [7, 11) is -0.455. The molecule has 7 heteroatoms. The zero-order valence-corrected chi connectivity index (χ0v) is 18.7. The molecule has 0 radical (unpaired) electrons. The van der Waals surface area contributed by atoms with Crippen LogP contribution in [0.5, 0.6) is 5.75 Å². The Labute approximate surface area is 175 Å². The Morgan fingerprint density at radius 2 is 1.83 bits per heavy atom. The largest absolute Gasteiger partial charge is 0.495 e. The fourth-order valence-corrected chi connectivity index (χ4v) is 6.51. The molecule has 162 valence electrons. The van der Waals surface area contributed by atoms with Crippen LogP contribution in [0.4, 0.5) is 0 Å². The van der Waals surface area contributed by atoms with Crippen molar-refractivity contribution < 1.29 is 17.9 Å². The molecule has 0 aromatic heterocycles. The Morgan fingerprint density at radius 1 is 1.14 bits per heavy atom. The summed E-state index contributed by atoms with van der Waals surface area (Å²) in [5.41, 5.74) is 0.396. The van der Waals surface area contributed by atoms with E-state index < -0.39 is 10.0 Å². The van der Waals surface area contributed by atoms with Gasteiger partial charge in [-0.25, -0.2) is 8.42 Å². The number of piperidine rings is 1. The second-order valence-electron chi connectivity index (χ2n) is 8.52. The summed E-state index contributed by atoms with van der Waals surface area (Å²) in [5, 5.41) is 0. The SMILES string of the molecule is COc1ccc(C(=O)N(C)CC2CCCCC2)cc1S(=O)(=O)N1CCCCC1C. The van der Waals surface area contributed by atoms with E-state index in [1.54, 1.807) is 21.3 Å². The number of nitrogens with zero attached hydrogens (tertiary/aromatic N) is 2. The van der Waals surface area contributed by atoms with E-state index in [9.17, 15) is 13.2 Å². The fourth-order valence-electron chi connectivity index (χ4n) is 4.63. The van der Waals surface area contributed by atoms with Gasteiger partial charge in [-0.15, -0.1) is 0 Å². The first kappa shape index (κ1) is 22.1. The Kier molecular flexibility index (Phi) is 7.22. The van der Waals surface area contributed by atoms with E-state index in [0.29, 0.717) is 18.0 Å². The molecule has 3 rings (SSSR count). The molecular weight excluding hydrogens is 388 g/mol. The molecule has 2 aliphatic rings. The summed E-state index contributed by atoms with van der Waals surface area (Å²) < 4.78 is 33.6. The topological polar surface area (TPSA) is 66.9 Å². The Balaban J connectivity index is 1.85. The molecule has 1 saturated carbocycles. The lowest BCUT2D eigenvalue weighted by Gasteiger charge is -2.32. The Morgan fingerprint density at radius 3 is 2.48 bits per heavy atom. The number of carbonyl (C=O) groups excluding carboxylic acids is 1. The summed E-state index contributed by atoms with van der Waals surface area (Å²) >= 11 is 0. The van der Waals surface area contributed by atoms with E-state index in [-0.39, 0.29) is 22.6 Å². The van der Waals surface area contributed by atoms with Crippen LogP contribution in [0.2, 0.25) is 0 Å². The quantitative estimate of drug-likeness (QED) is 0.697. The molecule has 1 unspecified atom stereocenters. The van der Waals surface area contributed by atoms with Gasteiger partial charge in [-0.1, -0.05) is 25.7 Å². The van der Waals surface area contributed by atoms with E-state index in [4.69, 9.17) is 4.74 Å². The standard InChI is InChI=1S/C22H34N2O4S/c1-17-9-7-8-14-24(17)29(26,27)21-15-19(12-13-20(21)28-3)22(25)23(2)16-18-10-5-4-6-11-18/h12-13,15,17-18H,4-11,14,16H2,1-3H3. The first-order valence-corrected chi connectivity index (χ1v) is 12.2. The molecule has 6 nitrogen and oxygen atoms in total. The maximum Gasteiger partial charge on any atom is 0.253 e. The van der Waals surface area contributed by atoms with Gasteiger partial charge in [-0.3, -0.25) is 4.79 Å². The molecule has 0 spiro atoms. The van der Waals surface area contributed by atoms with Gasteiger partial charge in [0.05, 0.1) is 7.11 Å². The lowest BCUT2D eigenvalue weighted by molar-refractivity contribution is 0.0760. The highest BCUT2D eigenvalue weighted by Crippen LogP contribution is 2.32. The second-order valence-corrected chi connectivity index (χ2v) is 10.4. The Hall–Kier alpha value is -1.60. The highest BCUT2D eigenvalue weighted by atomic mass is 32.2. The third-order valence-corrected chi connectivity index (χ3v) is 8.38. The van der Waals surface area contributed by atoms with Crippen molar-refractivity contribution in [2.45, 2.75) is 69.2 Å². The van der Waals surface area contributed by atoms with Crippen molar-refractivity contribution in [3.05, 3.63) is 23.8 Å². The van der Waals surface area contributed by atoms with Crippen LogP contribution in [0, 0.1) is 5.92 Å². The van der Waals surface area contributed by atoms with Crippen LogP contribution in [-0.4, -0.2) is 56.8 Å². The van der Waals surface area contributed by atoms with E-state index in [1.807, 2.05) is 14.0 Å². The smallest absolute Gasteiger partial charge is 0.253 e. The van der Waals surface area contributed by atoms with Crippen molar-refractivity contribution in [1.29, 1.82) is 0 Å². The maximum atomic E-state index is 13.4. The van der Waals surface area contributed by atoms with Gasteiger partial charge in [0.1, 0.15) is 10.6 Å². The van der Waals surface area contributed by atoms with Gasteiger partial charge in [0.2, 0.25) is 10.0 Å². The van der Waals surface area contributed by atoms with Crippen molar-refractivity contribution in [1.82, 2.24) is 9.21 Å². The van der Waals surface area contributed by atoms with E-state index >= 15 is 0 Å². The lowest BCUT2D eigenvalue weighted by Crippen LogP contribution is -2.42. The van der Waals surface area contributed by atoms with Crippen LogP contribution >= 0.6 is 0 Å². The number of rotatable bonds is 6. The molecule has 0 N–H and O–H groups in total. The number of hydrogen-bond donors (Lipinski definition) is 0. The van der Waals surface area contributed by atoms with Crippen LogP contribution in [0.3, 0.4) is 0 Å². The molecule has 1 saturated heterocycles. The van der Waals surface area contributed by atoms with Crippen molar-refractivity contribution in [2.75, 3.05) is 27.2 Å². The highest BCUT2D eigenvalue weighted by molar-refractivity contribution is 7.89. The molecule has 1 atom stereocenters. The van der Waals surface area contributed by atoms with Gasteiger partial charge in [0.25, 0.3) is 5.91 Å². The summed E-state index contributed by atoms with van der Waals surface area (Å²) in [5.74, 6) is 0.684. The monoisotopic (exact) mass is 422 g/mol. The third kappa shape index (κ3) is 4.94. The van der Waals surface area contributed by atoms with Crippen molar-refractivity contribution in [2.24, 2.45) is 5.92 Å². The first-order valence-electron chi connectivity index (χ1n) is 10.8. The van der Waals surface area contributed by atoms with Crippen LogP contribution < -0.4 is 4.74 Å². The third-order valence-electron chi connectivity index (χ3n) is 6.34. The van der Waals surface area contributed by atoms with Crippen molar-refractivity contribution in [3.8, 4) is 5.75 Å². The average molecular weight is 423 g/mol. The van der Waals surface area contributed by atoms with Gasteiger partial charge < -0.3 is 9.64 Å². The molecule has 1 aliphatic heterocycles. The summed E-state index contributed by atoms with van der Waals surface area (Å²) in [6.07, 6.45) is 8.80. The van der Waals surface area contributed by atoms with Crippen LogP contribution in [-0.2, 0) is 10.0 Å². The fraction of sp³-hybridized carbons (Fsp3) is 0.682. The van der Waals surface area contributed by atoms with Gasteiger partial charge in [-0.2, -0.15) is 4.31 Å². The maximum absolute atomic E-state index is 13.4. The van der Waals surface area contributed by atoms with Gasteiger partial charge in [0, 0.05) is 31.7 Å². The number of methoxy groups -OCH3 is 1. The van der Waals surface area contributed by atoms with Crippen molar-refractivity contribution >= 4 is 15.9 Å². The normalized spacial score (nSPS) is 21.7. The number of ether oxygens (including phenoxy) is 1. The molecule has 1 amide bonds. The van der Waals surface area contributed by atoms with Crippen LogP contribution in [0.25, 0.3) is 0 Å². The zero-order valence-electron chi connectivity index (χ0n) is 17.9. The molecular formula is C22H34N2O4S. The van der Waals surface area contributed by atoms with Crippen LogP contribution in [0.1, 0.15) is 68.6 Å². The minimum absolute atomic E-state index is 0.0493.